The zero-order valence-electron chi connectivity index (χ0n) is 7.58. The largest absolute Gasteiger partial charge is 0.411 e. The van der Waals surface area contributed by atoms with Crippen molar-refractivity contribution < 1.29 is 5.21 Å². The molecule has 0 amide bonds. The molecule has 0 bridgehead atoms. The van der Waals surface area contributed by atoms with Gasteiger partial charge in [-0.2, -0.15) is 0 Å². The Morgan fingerprint density at radius 3 is 2.73 bits per heavy atom. The van der Waals surface area contributed by atoms with Gasteiger partial charge < -0.3 is 5.21 Å². The minimum absolute atomic E-state index is 0.479. The lowest BCUT2D eigenvalue weighted by Gasteiger charge is -1.98. The van der Waals surface area contributed by atoms with Crippen LogP contribution in [0.4, 0.5) is 0 Å². The molecule has 0 aliphatic rings. The lowest BCUT2D eigenvalue weighted by atomic mass is 10.3. The normalized spacial score (nSPS) is 11.0. The average Bonchev–Trinajstić information content (AvgIpc) is 2.68. The van der Waals surface area contributed by atoms with Crippen molar-refractivity contribution in [2.45, 2.75) is 0 Å². The number of rotatable bonds is 2. The lowest BCUT2D eigenvalue weighted by Crippen LogP contribution is -1.93. The summed E-state index contributed by atoms with van der Waals surface area (Å²) in [7, 11) is 0. The number of nitrogens with zero attached hydrogens (tertiary/aromatic N) is 4. The zero-order chi connectivity index (χ0) is 10.7. The summed E-state index contributed by atoms with van der Waals surface area (Å²) in [6, 6.07) is 7.16. The fourth-order valence-corrected chi connectivity index (χ4v) is 1.24. The van der Waals surface area contributed by atoms with Crippen LogP contribution in [0.2, 0.25) is 5.02 Å². The van der Waals surface area contributed by atoms with E-state index in [2.05, 4.69) is 15.5 Å². The number of oxime groups is 1. The molecule has 1 heterocycles. The smallest absolute Gasteiger partial charge is 0.127 e. The second-order valence-corrected chi connectivity index (χ2v) is 3.25. The molecule has 0 saturated carbocycles. The van der Waals surface area contributed by atoms with Crippen LogP contribution in [0.3, 0.4) is 0 Å². The van der Waals surface area contributed by atoms with Crippen molar-refractivity contribution in [1.29, 1.82) is 0 Å². The van der Waals surface area contributed by atoms with E-state index in [-0.39, 0.29) is 0 Å². The Balaban J connectivity index is 2.33. The number of hydrogen-bond acceptors (Lipinski definition) is 4. The maximum atomic E-state index is 8.31. The Kier molecular flexibility index (Phi) is 2.64. The van der Waals surface area contributed by atoms with Crippen LogP contribution >= 0.6 is 11.6 Å². The second kappa shape index (κ2) is 4.10. The molecule has 15 heavy (non-hydrogen) atoms. The van der Waals surface area contributed by atoms with Crippen LogP contribution in [0.5, 0.6) is 0 Å². The highest BCUT2D eigenvalue weighted by atomic mass is 35.5. The standard InChI is InChI=1S/C9H7ClN4O/c10-7-1-3-9(4-2-7)14-6-8(5-11-15)12-13-14/h1-6,15H/b11-5+. The van der Waals surface area contributed by atoms with E-state index < -0.39 is 0 Å². The van der Waals surface area contributed by atoms with Gasteiger partial charge in [-0.05, 0) is 24.3 Å². The Hall–Kier alpha value is -1.88. The van der Waals surface area contributed by atoms with Crippen molar-refractivity contribution in [2.75, 3.05) is 0 Å². The highest BCUT2D eigenvalue weighted by molar-refractivity contribution is 6.30. The third-order valence-electron chi connectivity index (χ3n) is 1.79. The SMILES string of the molecule is O/N=C/c1cn(-c2ccc(Cl)cc2)nn1. The first-order valence-electron chi connectivity index (χ1n) is 4.15. The monoisotopic (exact) mass is 222 g/mol. The van der Waals surface area contributed by atoms with Crippen LogP contribution in [-0.4, -0.2) is 26.4 Å². The molecule has 0 unspecified atom stereocenters. The first-order valence-corrected chi connectivity index (χ1v) is 4.53. The Morgan fingerprint density at radius 1 is 1.33 bits per heavy atom. The van der Waals surface area contributed by atoms with Crippen LogP contribution in [0.15, 0.2) is 35.6 Å². The first-order chi connectivity index (χ1) is 7.29. The molecule has 1 aromatic heterocycles. The summed E-state index contributed by atoms with van der Waals surface area (Å²) in [6.45, 7) is 0. The van der Waals surface area contributed by atoms with Crippen LogP contribution in [0.1, 0.15) is 5.69 Å². The molecule has 0 aliphatic carbocycles. The molecule has 2 aromatic rings. The fourth-order valence-electron chi connectivity index (χ4n) is 1.12. The Bertz CT molecular complexity index is 477. The van der Waals surface area contributed by atoms with Crippen molar-refractivity contribution in [3.8, 4) is 5.69 Å². The van der Waals surface area contributed by atoms with Gasteiger partial charge in [0.2, 0.25) is 0 Å². The minimum Gasteiger partial charge on any atom is -0.411 e. The Morgan fingerprint density at radius 2 is 2.07 bits per heavy atom. The summed E-state index contributed by atoms with van der Waals surface area (Å²) in [6.07, 6.45) is 2.85. The van der Waals surface area contributed by atoms with E-state index >= 15 is 0 Å². The van der Waals surface area contributed by atoms with Gasteiger partial charge in [-0.25, -0.2) is 4.68 Å². The van der Waals surface area contributed by atoms with E-state index in [4.69, 9.17) is 16.8 Å². The van der Waals surface area contributed by atoms with Gasteiger partial charge in [0.1, 0.15) is 5.69 Å². The van der Waals surface area contributed by atoms with Crippen LogP contribution in [-0.2, 0) is 0 Å². The van der Waals surface area contributed by atoms with Gasteiger partial charge in [0.15, 0.2) is 0 Å². The molecule has 1 aromatic carbocycles. The molecule has 0 aliphatic heterocycles. The predicted octanol–water partition coefficient (Wildman–Crippen LogP) is 1.73. The summed E-state index contributed by atoms with van der Waals surface area (Å²) in [4.78, 5) is 0. The molecule has 0 saturated heterocycles. The number of benzene rings is 1. The molecular weight excluding hydrogens is 216 g/mol. The molecule has 1 N–H and O–H groups in total. The van der Waals surface area contributed by atoms with Crippen LogP contribution < -0.4 is 0 Å². The van der Waals surface area contributed by atoms with E-state index in [1.54, 1.807) is 23.0 Å². The molecule has 0 radical (unpaired) electrons. The third kappa shape index (κ3) is 2.13. The highest BCUT2D eigenvalue weighted by Gasteiger charge is 2.00. The summed E-state index contributed by atoms with van der Waals surface area (Å²) >= 11 is 5.75. The van der Waals surface area contributed by atoms with Gasteiger partial charge in [0, 0.05) is 5.02 Å². The second-order valence-electron chi connectivity index (χ2n) is 2.81. The van der Waals surface area contributed by atoms with Gasteiger partial charge >= 0.3 is 0 Å². The first kappa shape index (κ1) is 9.67. The third-order valence-corrected chi connectivity index (χ3v) is 2.04. The van der Waals surface area contributed by atoms with Crippen molar-refractivity contribution in [1.82, 2.24) is 15.0 Å². The van der Waals surface area contributed by atoms with Crippen LogP contribution in [0, 0.1) is 0 Å². The van der Waals surface area contributed by atoms with Crippen molar-refractivity contribution in [3.63, 3.8) is 0 Å². The summed E-state index contributed by atoms with van der Waals surface area (Å²) < 4.78 is 1.56. The maximum Gasteiger partial charge on any atom is 0.127 e. The van der Waals surface area contributed by atoms with Crippen molar-refractivity contribution in [2.24, 2.45) is 5.16 Å². The molecule has 0 fully saturated rings. The molecule has 0 spiro atoms. The fraction of sp³-hybridized carbons (Fsp3) is 0. The number of halogens is 1. The predicted molar refractivity (Wildman–Crippen MR) is 55.7 cm³/mol. The van der Waals surface area contributed by atoms with E-state index in [1.165, 1.54) is 6.21 Å². The molecular formula is C9H7ClN4O. The topological polar surface area (TPSA) is 63.3 Å². The van der Waals surface area contributed by atoms with Gasteiger partial charge in [-0.3, -0.25) is 0 Å². The minimum atomic E-state index is 0.479. The quantitative estimate of drug-likeness (QED) is 0.478. The van der Waals surface area contributed by atoms with E-state index in [0.717, 1.165) is 5.69 Å². The van der Waals surface area contributed by atoms with E-state index in [1.807, 2.05) is 12.1 Å². The molecule has 6 heteroatoms. The highest BCUT2D eigenvalue weighted by Crippen LogP contribution is 2.12. The van der Waals surface area contributed by atoms with Gasteiger partial charge in [-0.15, -0.1) is 5.10 Å². The van der Waals surface area contributed by atoms with Gasteiger partial charge in [0.05, 0.1) is 18.1 Å². The Labute approximate surface area is 90.6 Å². The summed E-state index contributed by atoms with van der Waals surface area (Å²) in [5.41, 5.74) is 1.32. The number of aromatic nitrogens is 3. The molecule has 5 nitrogen and oxygen atoms in total. The summed E-state index contributed by atoms with van der Waals surface area (Å²) in [5.74, 6) is 0. The average molecular weight is 223 g/mol. The summed E-state index contributed by atoms with van der Waals surface area (Å²) in [5, 5.41) is 19.5. The van der Waals surface area contributed by atoms with Gasteiger partial charge in [0.25, 0.3) is 0 Å². The zero-order valence-corrected chi connectivity index (χ0v) is 8.33. The number of hydrogen-bond donors (Lipinski definition) is 1. The van der Waals surface area contributed by atoms with E-state index in [0.29, 0.717) is 10.7 Å². The lowest BCUT2D eigenvalue weighted by molar-refractivity contribution is 0.321. The molecule has 2 rings (SSSR count). The molecule has 0 atom stereocenters. The molecule has 76 valence electrons. The maximum absolute atomic E-state index is 8.31. The van der Waals surface area contributed by atoms with Gasteiger partial charge in [-0.1, -0.05) is 22.0 Å². The van der Waals surface area contributed by atoms with Crippen LogP contribution in [0.25, 0.3) is 5.69 Å². The van der Waals surface area contributed by atoms with E-state index in [9.17, 15) is 0 Å². The van der Waals surface area contributed by atoms with Crippen molar-refractivity contribution >= 4 is 17.8 Å². The van der Waals surface area contributed by atoms with Crippen molar-refractivity contribution in [3.05, 3.63) is 41.2 Å².